The number of nitrogens with zero attached hydrogens (tertiary/aromatic N) is 2. The molecule has 0 spiro atoms. The molecule has 0 unspecified atom stereocenters. The highest BCUT2D eigenvalue weighted by molar-refractivity contribution is 5.30. The number of nitrogens with one attached hydrogen (secondary N) is 1. The van der Waals surface area contributed by atoms with E-state index in [1.165, 1.54) is 4.57 Å². The Hall–Kier alpha value is -1.36. The van der Waals surface area contributed by atoms with Gasteiger partial charge in [-0.2, -0.15) is 4.98 Å². The van der Waals surface area contributed by atoms with Crippen LogP contribution >= 0.6 is 0 Å². The van der Waals surface area contributed by atoms with Gasteiger partial charge in [-0.15, -0.1) is 0 Å². The van der Waals surface area contributed by atoms with Gasteiger partial charge in [-0.3, -0.25) is 4.57 Å². The summed E-state index contributed by atoms with van der Waals surface area (Å²) in [5.74, 6) is 0.587. The molecule has 1 fully saturated rings. The second-order valence-corrected chi connectivity index (χ2v) is 3.22. The van der Waals surface area contributed by atoms with Crippen molar-refractivity contribution >= 4 is 5.82 Å². The van der Waals surface area contributed by atoms with Crippen LogP contribution in [0.2, 0.25) is 0 Å². The van der Waals surface area contributed by atoms with Crippen LogP contribution in [0.15, 0.2) is 17.1 Å². The van der Waals surface area contributed by atoms with Gasteiger partial charge in [-0.05, 0) is 18.9 Å². The first-order valence-corrected chi connectivity index (χ1v) is 4.70. The van der Waals surface area contributed by atoms with Crippen LogP contribution < -0.4 is 11.0 Å². The fourth-order valence-corrected chi connectivity index (χ4v) is 1.55. The Balaban J connectivity index is 2.30. The zero-order valence-electron chi connectivity index (χ0n) is 8.06. The molecule has 0 aromatic carbocycles. The summed E-state index contributed by atoms with van der Waals surface area (Å²) in [6, 6.07) is 1.77. The molecular weight excluding hydrogens is 182 g/mol. The predicted molar refractivity (Wildman–Crippen MR) is 52.3 cm³/mol. The van der Waals surface area contributed by atoms with Crippen LogP contribution in [0.5, 0.6) is 0 Å². The van der Waals surface area contributed by atoms with Crippen LogP contribution in [0.3, 0.4) is 0 Å². The van der Waals surface area contributed by atoms with E-state index < -0.39 is 0 Å². The Kier molecular flexibility index (Phi) is 2.49. The number of aromatic nitrogens is 2. The van der Waals surface area contributed by atoms with E-state index in [0.29, 0.717) is 5.82 Å². The Morgan fingerprint density at radius 3 is 3.14 bits per heavy atom. The average Bonchev–Trinajstić information content (AvgIpc) is 2.70. The standard InChI is InChI=1S/C9H13N3O2/c1-10-7-4-5-12(9(13)11-7)8-3-2-6-14-8/h4-5,8H,2-3,6H2,1H3,(H,10,11,13)/t8-/m0/s1. The maximum atomic E-state index is 11.5. The Labute approximate surface area is 81.7 Å². The second-order valence-electron chi connectivity index (χ2n) is 3.22. The van der Waals surface area contributed by atoms with Gasteiger partial charge in [0.05, 0.1) is 0 Å². The third kappa shape index (κ3) is 1.63. The van der Waals surface area contributed by atoms with Crippen LogP contribution in [0.4, 0.5) is 5.82 Å². The molecule has 5 nitrogen and oxygen atoms in total. The van der Waals surface area contributed by atoms with Crippen LogP contribution in [-0.2, 0) is 4.74 Å². The van der Waals surface area contributed by atoms with Gasteiger partial charge in [-0.25, -0.2) is 4.79 Å². The zero-order chi connectivity index (χ0) is 9.97. The first-order valence-electron chi connectivity index (χ1n) is 4.70. The van der Waals surface area contributed by atoms with Gasteiger partial charge < -0.3 is 10.1 Å². The summed E-state index contributed by atoms with van der Waals surface area (Å²) in [6.07, 6.45) is 3.49. The van der Waals surface area contributed by atoms with Crippen molar-refractivity contribution in [3.8, 4) is 0 Å². The lowest BCUT2D eigenvalue weighted by molar-refractivity contribution is 0.0528. The fraction of sp³-hybridized carbons (Fsp3) is 0.556. The minimum Gasteiger partial charge on any atom is -0.373 e. The average molecular weight is 195 g/mol. The maximum Gasteiger partial charge on any atom is 0.351 e. The van der Waals surface area contributed by atoms with Crippen molar-refractivity contribution in [2.75, 3.05) is 19.0 Å². The summed E-state index contributed by atoms with van der Waals surface area (Å²) in [6.45, 7) is 0.727. The molecule has 1 aromatic rings. The molecule has 14 heavy (non-hydrogen) atoms. The lowest BCUT2D eigenvalue weighted by Crippen LogP contribution is -2.26. The highest BCUT2D eigenvalue weighted by atomic mass is 16.5. The van der Waals surface area contributed by atoms with Gasteiger partial charge >= 0.3 is 5.69 Å². The van der Waals surface area contributed by atoms with E-state index in [1.54, 1.807) is 19.3 Å². The smallest absolute Gasteiger partial charge is 0.351 e. The van der Waals surface area contributed by atoms with Gasteiger partial charge in [0.25, 0.3) is 0 Å². The molecule has 0 amide bonds. The third-order valence-corrected chi connectivity index (χ3v) is 2.30. The summed E-state index contributed by atoms with van der Waals surface area (Å²) < 4.78 is 6.93. The first-order chi connectivity index (χ1) is 6.81. The van der Waals surface area contributed by atoms with E-state index in [-0.39, 0.29) is 11.9 Å². The fourth-order valence-electron chi connectivity index (χ4n) is 1.55. The zero-order valence-corrected chi connectivity index (χ0v) is 8.06. The Morgan fingerprint density at radius 1 is 1.71 bits per heavy atom. The lowest BCUT2D eigenvalue weighted by atomic mass is 10.3. The van der Waals surface area contributed by atoms with Crippen molar-refractivity contribution in [3.63, 3.8) is 0 Å². The molecule has 0 saturated carbocycles. The second kappa shape index (κ2) is 3.79. The molecule has 1 saturated heterocycles. The van der Waals surface area contributed by atoms with Crippen molar-refractivity contribution in [3.05, 3.63) is 22.7 Å². The van der Waals surface area contributed by atoms with Crippen molar-refractivity contribution in [1.29, 1.82) is 0 Å². The maximum absolute atomic E-state index is 11.5. The van der Waals surface area contributed by atoms with Gasteiger partial charge in [0, 0.05) is 19.9 Å². The van der Waals surface area contributed by atoms with Gasteiger partial charge in [0.1, 0.15) is 12.0 Å². The Morgan fingerprint density at radius 2 is 2.57 bits per heavy atom. The van der Waals surface area contributed by atoms with E-state index in [1.807, 2.05) is 0 Å². The highest BCUT2D eigenvalue weighted by Crippen LogP contribution is 2.20. The summed E-state index contributed by atoms with van der Waals surface area (Å²) in [5.41, 5.74) is -0.260. The molecule has 0 aliphatic carbocycles. The van der Waals surface area contributed by atoms with Crippen molar-refractivity contribution in [2.45, 2.75) is 19.1 Å². The van der Waals surface area contributed by atoms with E-state index in [2.05, 4.69) is 10.3 Å². The number of ether oxygens (including phenoxy) is 1. The molecule has 5 heteroatoms. The number of hydrogen-bond acceptors (Lipinski definition) is 4. The SMILES string of the molecule is CNc1ccn([C@@H]2CCCO2)c(=O)n1. The molecule has 2 heterocycles. The lowest BCUT2D eigenvalue weighted by Gasteiger charge is -2.12. The van der Waals surface area contributed by atoms with Gasteiger partial charge in [0.15, 0.2) is 0 Å². The summed E-state index contributed by atoms with van der Waals surface area (Å²) in [4.78, 5) is 15.4. The molecular formula is C9H13N3O2. The number of anilines is 1. The number of rotatable bonds is 2. The quantitative estimate of drug-likeness (QED) is 0.750. The number of hydrogen-bond donors (Lipinski definition) is 1. The van der Waals surface area contributed by atoms with E-state index in [0.717, 1.165) is 19.4 Å². The van der Waals surface area contributed by atoms with Gasteiger partial charge in [-0.1, -0.05) is 0 Å². The summed E-state index contributed by atoms with van der Waals surface area (Å²) in [7, 11) is 1.73. The molecule has 1 N–H and O–H groups in total. The monoisotopic (exact) mass is 195 g/mol. The molecule has 1 aromatic heterocycles. The van der Waals surface area contributed by atoms with Crippen molar-refractivity contribution in [1.82, 2.24) is 9.55 Å². The molecule has 1 atom stereocenters. The van der Waals surface area contributed by atoms with Crippen LogP contribution in [0, 0.1) is 0 Å². The third-order valence-electron chi connectivity index (χ3n) is 2.30. The van der Waals surface area contributed by atoms with E-state index in [9.17, 15) is 4.79 Å². The predicted octanol–water partition coefficient (Wildman–Crippen LogP) is 0.594. The van der Waals surface area contributed by atoms with Crippen molar-refractivity contribution < 1.29 is 4.74 Å². The molecule has 1 aliphatic rings. The largest absolute Gasteiger partial charge is 0.373 e. The normalized spacial score (nSPS) is 21.1. The van der Waals surface area contributed by atoms with Crippen LogP contribution in [0.25, 0.3) is 0 Å². The highest BCUT2D eigenvalue weighted by Gasteiger charge is 2.18. The first kappa shape index (κ1) is 9.21. The molecule has 2 rings (SSSR count). The van der Waals surface area contributed by atoms with E-state index >= 15 is 0 Å². The summed E-state index contributed by atoms with van der Waals surface area (Å²) in [5, 5.41) is 2.82. The molecule has 76 valence electrons. The van der Waals surface area contributed by atoms with Crippen molar-refractivity contribution in [2.24, 2.45) is 0 Å². The van der Waals surface area contributed by atoms with Crippen LogP contribution in [0.1, 0.15) is 19.1 Å². The Bertz CT molecular complexity index is 369. The van der Waals surface area contributed by atoms with Crippen LogP contribution in [-0.4, -0.2) is 23.2 Å². The molecule has 1 aliphatic heterocycles. The molecule has 0 radical (unpaired) electrons. The van der Waals surface area contributed by atoms with Gasteiger partial charge in [0.2, 0.25) is 0 Å². The minimum absolute atomic E-state index is 0.124. The minimum atomic E-state index is -0.260. The van der Waals surface area contributed by atoms with E-state index in [4.69, 9.17) is 4.74 Å². The topological polar surface area (TPSA) is 56.2 Å². The molecule has 0 bridgehead atoms. The summed E-state index contributed by atoms with van der Waals surface area (Å²) >= 11 is 0.